The lowest BCUT2D eigenvalue weighted by molar-refractivity contribution is 0.212. The summed E-state index contributed by atoms with van der Waals surface area (Å²) in [4.78, 5) is 5.63. The van der Waals surface area contributed by atoms with Gasteiger partial charge in [0.2, 0.25) is 0 Å². The molecule has 2 aromatic rings. The first-order chi connectivity index (χ1) is 8.69. The Bertz CT molecular complexity index is 497. The molecule has 3 heteroatoms. The summed E-state index contributed by atoms with van der Waals surface area (Å²) in [6, 6.07) is 8.83. The summed E-state index contributed by atoms with van der Waals surface area (Å²) in [5.74, 6) is 0.485. The molecule has 3 N–H and O–H groups in total. The molecule has 0 radical (unpaired) electrons. The monoisotopic (exact) mass is 245 g/mol. The fraction of sp³-hybridized carbons (Fsp3) is 0.467. The summed E-state index contributed by atoms with van der Waals surface area (Å²) in [6.45, 7) is 2.93. The number of aromatic amines is 1. The molecule has 1 aromatic heterocycles. The first-order valence-electron chi connectivity index (χ1n) is 6.61. The largest absolute Gasteiger partial charge is 0.361 e. The van der Waals surface area contributed by atoms with Crippen molar-refractivity contribution in [3.05, 3.63) is 36.0 Å². The molecule has 18 heavy (non-hydrogen) atoms. The van der Waals surface area contributed by atoms with Crippen LogP contribution in [0.4, 0.5) is 0 Å². The van der Waals surface area contributed by atoms with Gasteiger partial charge in [-0.05, 0) is 38.2 Å². The summed E-state index contributed by atoms with van der Waals surface area (Å²) in [7, 11) is 4.26. The van der Waals surface area contributed by atoms with Gasteiger partial charge < -0.3 is 15.6 Å². The Morgan fingerprint density at radius 1 is 1.28 bits per heavy atom. The lowest BCUT2D eigenvalue weighted by Gasteiger charge is -2.31. The third-order valence-electron chi connectivity index (χ3n) is 3.77. The lowest BCUT2D eigenvalue weighted by Crippen LogP contribution is -2.31. The van der Waals surface area contributed by atoms with Crippen LogP contribution in [-0.4, -0.2) is 30.5 Å². The predicted molar refractivity (Wildman–Crippen MR) is 77.6 cm³/mol. The normalized spacial score (nSPS) is 15.2. The topological polar surface area (TPSA) is 45.1 Å². The van der Waals surface area contributed by atoms with E-state index in [1.165, 1.54) is 16.5 Å². The standard InChI is InChI=1S/C15H23N3/c1-4-11(9-16)15(18(2)3)13-10-17-14-8-6-5-7-12(13)14/h5-8,10-11,15,17H,4,9,16H2,1-3H3. The van der Waals surface area contributed by atoms with Crippen molar-refractivity contribution in [2.75, 3.05) is 20.6 Å². The minimum atomic E-state index is 0.371. The van der Waals surface area contributed by atoms with Gasteiger partial charge in [0.1, 0.15) is 0 Å². The molecule has 0 aliphatic heterocycles. The van der Waals surface area contributed by atoms with Gasteiger partial charge in [-0.1, -0.05) is 31.5 Å². The number of benzene rings is 1. The zero-order valence-corrected chi connectivity index (χ0v) is 11.5. The molecule has 2 atom stereocenters. The number of para-hydroxylation sites is 1. The third kappa shape index (κ3) is 2.28. The van der Waals surface area contributed by atoms with E-state index in [-0.39, 0.29) is 0 Å². The smallest absolute Gasteiger partial charge is 0.0457 e. The SMILES string of the molecule is CCC(CN)C(c1c[nH]c2ccccc12)N(C)C. The first kappa shape index (κ1) is 13.1. The molecule has 2 rings (SSSR count). The Kier molecular flexibility index (Phi) is 4.04. The highest BCUT2D eigenvalue weighted by atomic mass is 15.1. The van der Waals surface area contributed by atoms with E-state index in [2.05, 4.69) is 61.4 Å². The van der Waals surface area contributed by atoms with Crippen LogP contribution < -0.4 is 5.73 Å². The second-order valence-corrected chi connectivity index (χ2v) is 5.10. The molecule has 0 saturated carbocycles. The van der Waals surface area contributed by atoms with E-state index in [1.807, 2.05) is 0 Å². The van der Waals surface area contributed by atoms with Gasteiger partial charge in [-0.2, -0.15) is 0 Å². The maximum absolute atomic E-state index is 5.94. The average Bonchev–Trinajstić information content (AvgIpc) is 2.79. The minimum Gasteiger partial charge on any atom is -0.361 e. The van der Waals surface area contributed by atoms with Gasteiger partial charge in [0.25, 0.3) is 0 Å². The van der Waals surface area contributed by atoms with Crippen LogP contribution in [0.25, 0.3) is 10.9 Å². The van der Waals surface area contributed by atoms with Crippen molar-refractivity contribution in [2.24, 2.45) is 11.7 Å². The predicted octanol–water partition coefficient (Wildman–Crippen LogP) is 2.76. The van der Waals surface area contributed by atoms with Crippen molar-refractivity contribution in [3.63, 3.8) is 0 Å². The van der Waals surface area contributed by atoms with Crippen LogP contribution in [0.2, 0.25) is 0 Å². The van der Waals surface area contributed by atoms with Gasteiger partial charge in [0.05, 0.1) is 0 Å². The third-order valence-corrected chi connectivity index (χ3v) is 3.77. The zero-order valence-electron chi connectivity index (χ0n) is 11.5. The van der Waals surface area contributed by atoms with Crippen LogP contribution in [0.1, 0.15) is 24.9 Å². The second-order valence-electron chi connectivity index (χ2n) is 5.10. The number of aromatic nitrogens is 1. The van der Waals surface area contributed by atoms with E-state index in [0.29, 0.717) is 12.0 Å². The number of hydrogen-bond acceptors (Lipinski definition) is 2. The first-order valence-corrected chi connectivity index (χ1v) is 6.61. The van der Waals surface area contributed by atoms with E-state index < -0.39 is 0 Å². The molecular weight excluding hydrogens is 222 g/mol. The number of fused-ring (bicyclic) bond motifs is 1. The van der Waals surface area contributed by atoms with Gasteiger partial charge in [0, 0.05) is 23.1 Å². The highest BCUT2D eigenvalue weighted by molar-refractivity contribution is 5.83. The summed E-state index contributed by atoms with van der Waals surface area (Å²) in [5, 5.41) is 1.31. The number of nitrogens with one attached hydrogen (secondary N) is 1. The summed E-state index contributed by atoms with van der Waals surface area (Å²) in [5.41, 5.74) is 8.49. The van der Waals surface area contributed by atoms with Crippen LogP contribution in [0.15, 0.2) is 30.5 Å². The van der Waals surface area contributed by atoms with Crippen LogP contribution in [0, 0.1) is 5.92 Å². The lowest BCUT2D eigenvalue weighted by atomic mass is 9.90. The summed E-state index contributed by atoms with van der Waals surface area (Å²) in [6.07, 6.45) is 3.23. The van der Waals surface area contributed by atoms with Crippen molar-refractivity contribution in [2.45, 2.75) is 19.4 Å². The number of rotatable bonds is 5. The molecule has 0 spiro atoms. The molecule has 0 fully saturated rings. The van der Waals surface area contributed by atoms with E-state index >= 15 is 0 Å². The maximum Gasteiger partial charge on any atom is 0.0457 e. The van der Waals surface area contributed by atoms with Crippen molar-refractivity contribution in [1.29, 1.82) is 0 Å². The average molecular weight is 245 g/mol. The Morgan fingerprint density at radius 2 is 2.00 bits per heavy atom. The van der Waals surface area contributed by atoms with E-state index in [0.717, 1.165) is 13.0 Å². The molecule has 0 bridgehead atoms. The van der Waals surface area contributed by atoms with Crippen LogP contribution in [0.3, 0.4) is 0 Å². The second kappa shape index (κ2) is 5.55. The molecule has 1 heterocycles. The summed E-state index contributed by atoms with van der Waals surface area (Å²) < 4.78 is 0. The van der Waals surface area contributed by atoms with Crippen molar-refractivity contribution in [1.82, 2.24) is 9.88 Å². The molecule has 98 valence electrons. The molecule has 3 nitrogen and oxygen atoms in total. The summed E-state index contributed by atoms with van der Waals surface area (Å²) >= 11 is 0. The van der Waals surface area contributed by atoms with E-state index in [1.54, 1.807) is 0 Å². The van der Waals surface area contributed by atoms with Crippen molar-refractivity contribution < 1.29 is 0 Å². The van der Waals surface area contributed by atoms with Crippen LogP contribution >= 0.6 is 0 Å². The van der Waals surface area contributed by atoms with Crippen molar-refractivity contribution >= 4 is 10.9 Å². The minimum absolute atomic E-state index is 0.371. The number of nitrogens with two attached hydrogens (primary N) is 1. The molecular formula is C15H23N3. The zero-order chi connectivity index (χ0) is 13.1. The quantitative estimate of drug-likeness (QED) is 0.850. The number of nitrogens with zero attached hydrogens (tertiary/aromatic N) is 1. The molecule has 0 amide bonds. The van der Waals surface area contributed by atoms with Gasteiger partial charge >= 0.3 is 0 Å². The Labute approximate surface area is 109 Å². The Morgan fingerprint density at radius 3 is 2.61 bits per heavy atom. The van der Waals surface area contributed by atoms with Crippen LogP contribution in [0.5, 0.6) is 0 Å². The highest BCUT2D eigenvalue weighted by Crippen LogP contribution is 2.33. The van der Waals surface area contributed by atoms with E-state index in [9.17, 15) is 0 Å². The van der Waals surface area contributed by atoms with Crippen LogP contribution in [-0.2, 0) is 0 Å². The van der Waals surface area contributed by atoms with Crippen molar-refractivity contribution in [3.8, 4) is 0 Å². The fourth-order valence-corrected chi connectivity index (χ4v) is 2.81. The fourth-order valence-electron chi connectivity index (χ4n) is 2.81. The van der Waals surface area contributed by atoms with Gasteiger partial charge in [0.15, 0.2) is 0 Å². The molecule has 1 aromatic carbocycles. The molecule has 2 unspecified atom stereocenters. The van der Waals surface area contributed by atoms with Gasteiger partial charge in [-0.25, -0.2) is 0 Å². The maximum atomic E-state index is 5.94. The Balaban J connectivity index is 2.48. The molecule has 0 saturated heterocycles. The van der Waals surface area contributed by atoms with Gasteiger partial charge in [-0.3, -0.25) is 0 Å². The van der Waals surface area contributed by atoms with Gasteiger partial charge in [-0.15, -0.1) is 0 Å². The Hall–Kier alpha value is -1.32. The van der Waals surface area contributed by atoms with E-state index in [4.69, 9.17) is 5.73 Å². The number of hydrogen-bond donors (Lipinski definition) is 2. The highest BCUT2D eigenvalue weighted by Gasteiger charge is 2.25. The number of H-pyrrole nitrogens is 1. The molecule has 0 aliphatic carbocycles. The molecule has 0 aliphatic rings.